The van der Waals surface area contributed by atoms with E-state index in [-0.39, 0.29) is 12.5 Å². The van der Waals surface area contributed by atoms with Crippen LogP contribution in [0.1, 0.15) is 36.5 Å². The molecule has 122 valence electrons. The van der Waals surface area contributed by atoms with Crippen LogP contribution in [-0.2, 0) is 0 Å². The van der Waals surface area contributed by atoms with Crippen LogP contribution in [0.15, 0.2) is 18.3 Å². The van der Waals surface area contributed by atoms with Crippen LogP contribution in [0, 0.1) is 5.41 Å². The average Bonchev–Trinajstić information content (AvgIpc) is 2.56. The van der Waals surface area contributed by atoms with Crippen molar-refractivity contribution in [2.24, 2.45) is 5.41 Å². The van der Waals surface area contributed by atoms with Crippen LogP contribution < -0.4 is 4.74 Å². The molecule has 2 N–H and O–H groups in total. The highest BCUT2D eigenvalue weighted by Crippen LogP contribution is 2.35. The van der Waals surface area contributed by atoms with Gasteiger partial charge in [-0.15, -0.1) is 0 Å². The van der Waals surface area contributed by atoms with Gasteiger partial charge in [-0.25, -0.2) is 4.98 Å². The van der Waals surface area contributed by atoms with E-state index in [1.165, 1.54) is 13.3 Å². The summed E-state index contributed by atoms with van der Waals surface area (Å²) in [6.45, 7) is 2.74. The van der Waals surface area contributed by atoms with E-state index in [0.29, 0.717) is 37.4 Å². The third kappa shape index (κ3) is 3.23. The highest BCUT2D eigenvalue weighted by molar-refractivity contribution is 5.94. The normalized spacial score (nSPS) is 25.1. The lowest BCUT2D eigenvalue weighted by molar-refractivity contribution is -0.0720. The van der Waals surface area contributed by atoms with Gasteiger partial charge in [0.1, 0.15) is 0 Å². The van der Waals surface area contributed by atoms with Gasteiger partial charge < -0.3 is 19.8 Å². The van der Waals surface area contributed by atoms with E-state index in [9.17, 15) is 15.0 Å². The molecular formula is C16H24N2O4. The standard InChI is InChI=1S/C16H24N2O4/c1-3-6-16(11-19)10-18(8-5-13(16)20)15(21)12-4-7-17-14(9-12)22-2/h4,7,9,13,19-20H,3,5-6,8,10-11H2,1-2H3/t13-,16-/m0/s1. The fourth-order valence-electron chi connectivity index (χ4n) is 3.14. The summed E-state index contributed by atoms with van der Waals surface area (Å²) in [7, 11) is 1.51. The Bertz CT molecular complexity index is 523. The smallest absolute Gasteiger partial charge is 0.254 e. The Labute approximate surface area is 130 Å². The number of methoxy groups -OCH3 is 1. The third-order valence-electron chi connectivity index (χ3n) is 4.43. The number of amides is 1. The molecule has 2 atom stereocenters. The molecule has 1 aromatic rings. The molecule has 0 spiro atoms. The largest absolute Gasteiger partial charge is 0.481 e. The zero-order chi connectivity index (χ0) is 16.2. The van der Waals surface area contributed by atoms with E-state index in [2.05, 4.69) is 4.98 Å². The van der Waals surface area contributed by atoms with Gasteiger partial charge in [0.15, 0.2) is 0 Å². The summed E-state index contributed by atoms with van der Waals surface area (Å²) in [5.74, 6) is 0.270. The van der Waals surface area contributed by atoms with Gasteiger partial charge in [0.2, 0.25) is 5.88 Å². The second-order valence-corrected chi connectivity index (χ2v) is 5.89. The first kappa shape index (κ1) is 16.7. The molecule has 1 amide bonds. The minimum absolute atomic E-state index is 0.120. The molecule has 22 heavy (non-hydrogen) atoms. The van der Waals surface area contributed by atoms with Crippen molar-refractivity contribution >= 4 is 5.91 Å². The van der Waals surface area contributed by atoms with Crippen molar-refractivity contribution < 1.29 is 19.7 Å². The monoisotopic (exact) mass is 308 g/mol. The van der Waals surface area contributed by atoms with Crippen molar-refractivity contribution in [2.45, 2.75) is 32.3 Å². The van der Waals surface area contributed by atoms with Crippen molar-refractivity contribution in [2.75, 3.05) is 26.8 Å². The Hall–Kier alpha value is -1.66. The summed E-state index contributed by atoms with van der Waals surface area (Å²) in [6, 6.07) is 3.25. The molecule has 0 radical (unpaired) electrons. The zero-order valence-corrected chi connectivity index (χ0v) is 13.2. The fourth-order valence-corrected chi connectivity index (χ4v) is 3.14. The van der Waals surface area contributed by atoms with Gasteiger partial charge in [0.05, 0.1) is 19.8 Å². The second-order valence-electron chi connectivity index (χ2n) is 5.89. The van der Waals surface area contributed by atoms with Crippen molar-refractivity contribution in [1.82, 2.24) is 9.88 Å². The number of likely N-dealkylation sites (tertiary alicyclic amines) is 1. The maximum Gasteiger partial charge on any atom is 0.254 e. The van der Waals surface area contributed by atoms with E-state index < -0.39 is 11.5 Å². The van der Waals surface area contributed by atoms with Gasteiger partial charge in [-0.2, -0.15) is 0 Å². The van der Waals surface area contributed by atoms with Crippen LogP contribution in [0.2, 0.25) is 0 Å². The van der Waals surface area contributed by atoms with Gasteiger partial charge in [0, 0.05) is 36.3 Å². The molecule has 0 aromatic carbocycles. The number of aliphatic hydroxyl groups excluding tert-OH is 2. The molecule has 2 heterocycles. The lowest BCUT2D eigenvalue weighted by Gasteiger charge is -2.45. The Morgan fingerprint density at radius 2 is 2.36 bits per heavy atom. The molecule has 0 unspecified atom stereocenters. The van der Waals surface area contributed by atoms with Crippen LogP contribution in [-0.4, -0.2) is 58.9 Å². The number of piperidine rings is 1. The van der Waals surface area contributed by atoms with Gasteiger partial charge in [-0.3, -0.25) is 4.79 Å². The first-order valence-electron chi connectivity index (χ1n) is 7.64. The molecule has 1 fully saturated rings. The number of hydrogen-bond donors (Lipinski definition) is 2. The fraction of sp³-hybridized carbons (Fsp3) is 0.625. The summed E-state index contributed by atoms with van der Waals surface area (Å²) in [5, 5.41) is 20.0. The minimum atomic E-state index is -0.625. The maximum atomic E-state index is 12.7. The minimum Gasteiger partial charge on any atom is -0.481 e. The molecule has 6 nitrogen and oxygen atoms in total. The van der Waals surface area contributed by atoms with E-state index in [1.807, 2.05) is 6.92 Å². The van der Waals surface area contributed by atoms with Crippen LogP contribution >= 0.6 is 0 Å². The molecule has 1 aromatic heterocycles. The molecule has 0 saturated carbocycles. The van der Waals surface area contributed by atoms with Gasteiger partial charge in [-0.1, -0.05) is 13.3 Å². The van der Waals surface area contributed by atoms with Crippen molar-refractivity contribution in [3.05, 3.63) is 23.9 Å². The number of aromatic nitrogens is 1. The number of pyridine rings is 1. The molecule has 1 saturated heterocycles. The van der Waals surface area contributed by atoms with E-state index in [4.69, 9.17) is 4.74 Å². The lowest BCUT2D eigenvalue weighted by Crippen LogP contribution is -2.55. The first-order chi connectivity index (χ1) is 10.6. The van der Waals surface area contributed by atoms with Gasteiger partial charge in [0.25, 0.3) is 5.91 Å². The predicted molar refractivity (Wildman–Crippen MR) is 81.7 cm³/mol. The molecule has 1 aliphatic heterocycles. The lowest BCUT2D eigenvalue weighted by atomic mass is 9.74. The van der Waals surface area contributed by atoms with Crippen molar-refractivity contribution in [1.29, 1.82) is 0 Å². The molecule has 2 rings (SSSR count). The Kier molecular flexibility index (Phi) is 5.37. The van der Waals surface area contributed by atoms with Crippen LogP contribution in [0.3, 0.4) is 0 Å². The summed E-state index contributed by atoms with van der Waals surface area (Å²) in [4.78, 5) is 18.4. The molecular weight excluding hydrogens is 284 g/mol. The van der Waals surface area contributed by atoms with E-state index in [0.717, 1.165) is 6.42 Å². The van der Waals surface area contributed by atoms with Crippen LogP contribution in [0.4, 0.5) is 0 Å². The zero-order valence-electron chi connectivity index (χ0n) is 13.2. The summed E-state index contributed by atoms with van der Waals surface area (Å²) in [6.07, 6.45) is 2.98. The quantitative estimate of drug-likeness (QED) is 0.850. The number of rotatable bonds is 5. The Morgan fingerprint density at radius 1 is 1.59 bits per heavy atom. The van der Waals surface area contributed by atoms with Crippen molar-refractivity contribution in [3.63, 3.8) is 0 Å². The Balaban J connectivity index is 2.19. The number of carbonyl (C=O) groups is 1. The molecule has 6 heteroatoms. The topological polar surface area (TPSA) is 82.9 Å². The molecule has 0 aliphatic carbocycles. The molecule has 0 bridgehead atoms. The number of ether oxygens (including phenoxy) is 1. The third-order valence-corrected chi connectivity index (χ3v) is 4.43. The highest BCUT2D eigenvalue weighted by Gasteiger charge is 2.43. The number of hydrogen-bond acceptors (Lipinski definition) is 5. The summed E-state index contributed by atoms with van der Waals surface area (Å²) in [5.41, 5.74) is -0.119. The number of nitrogens with zero attached hydrogens (tertiary/aromatic N) is 2. The average molecular weight is 308 g/mol. The van der Waals surface area contributed by atoms with Crippen molar-refractivity contribution in [3.8, 4) is 5.88 Å². The first-order valence-corrected chi connectivity index (χ1v) is 7.64. The number of aliphatic hydroxyl groups is 2. The second kappa shape index (κ2) is 7.07. The van der Waals surface area contributed by atoms with Gasteiger partial charge >= 0.3 is 0 Å². The maximum absolute atomic E-state index is 12.7. The van der Waals surface area contributed by atoms with E-state index >= 15 is 0 Å². The van der Waals surface area contributed by atoms with E-state index in [1.54, 1.807) is 17.0 Å². The van der Waals surface area contributed by atoms with Gasteiger partial charge in [-0.05, 0) is 18.9 Å². The summed E-state index contributed by atoms with van der Waals surface area (Å²) < 4.78 is 5.05. The highest BCUT2D eigenvalue weighted by atomic mass is 16.5. The Morgan fingerprint density at radius 3 is 3.00 bits per heavy atom. The van der Waals surface area contributed by atoms with Crippen LogP contribution in [0.5, 0.6) is 5.88 Å². The molecule has 1 aliphatic rings. The predicted octanol–water partition coefficient (Wildman–Crippen LogP) is 1.08. The SMILES string of the molecule is CCC[C@@]1(CO)CN(C(=O)c2ccnc(OC)c2)CC[C@@H]1O. The summed E-state index contributed by atoms with van der Waals surface area (Å²) >= 11 is 0. The number of carbonyl (C=O) groups excluding carboxylic acids is 1. The van der Waals surface area contributed by atoms with Crippen LogP contribution in [0.25, 0.3) is 0 Å².